The molecule has 0 N–H and O–H groups in total. The van der Waals surface area contributed by atoms with Crippen molar-refractivity contribution in [3.8, 4) is 0 Å². The molecule has 1 rings (SSSR count). The Bertz CT molecular complexity index is 144. The van der Waals surface area contributed by atoms with Gasteiger partial charge in [0.25, 0.3) is 0 Å². The fourth-order valence-corrected chi connectivity index (χ4v) is 4.38. The molecular weight excluding hydrogens is 266 g/mol. The van der Waals surface area contributed by atoms with Crippen LogP contribution in [0.1, 0.15) is 34.1 Å². The number of hydrogen-bond acceptors (Lipinski definition) is 3. The molecule has 3 nitrogen and oxygen atoms in total. The van der Waals surface area contributed by atoms with E-state index in [2.05, 4.69) is 6.92 Å². The van der Waals surface area contributed by atoms with Crippen LogP contribution in [0.5, 0.6) is 0 Å². The molecule has 0 amide bonds. The summed E-state index contributed by atoms with van der Waals surface area (Å²) < 4.78 is 16.8. The van der Waals surface area contributed by atoms with Crippen molar-refractivity contribution in [3.63, 3.8) is 0 Å². The molecule has 0 aromatic rings. The second-order valence-corrected chi connectivity index (χ2v) is 7.10. The van der Waals surface area contributed by atoms with E-state index in [1.807, 2.05) is 20.8 Å². The predicted octanol–water partition coefficient (Wildman–Crippen LogP) is 1.61. The summed E-state index contributed by atoms with van der Waals surface area (Å²) in [6.07, 6.45) is 1.32. The van der Waals surface area contributed by atoms with Gasteiger partial charge in [0, 0.05) is 0 Å². The van der Waals surface area contributed by atoms with E-state index in [0.29, 0.717) is 6.10 Å². The molecule has 1 heterocycles. The molecule has 0 radical (unpaired) electrons. The average molecular weight is 283 g/mol. The molecule has 72 valence electrons. The zero-order valence-corrected chi connectivity index (χ0v) is 10.7. The molecular formula is C8H17O3Sb. The fraction of sp³-hybridized carbons (Fsp3) is 1.00. The third kappa shape index (κ3) is 4.08. The van der Waals surface area contributed by atoms with Crippen LogP contribution >= 0.6 is 0 Å². The van der Waals surface area contributed by atoms with Crippen molar-refractivity contribution in [2.45, 2.75) is 45.8 Å². The van der Waals surface area contributed by atoms with Crippen LogP contribution in [-0.2, 0) is 9.05 Å². The Morgan fingerprint density at radius 1 is 1.42 bits per heavy atom. The van der Waals surface area contributed by atoms with Crippen molar-refractivity contribution in [2.75, 3.05) is 6.61 Å². The van der Waals surface area contributed by atoms with Gasteiger partial charge in [-0.15, -0.1) is 0 Å². The van der Waals surface area contributed by atoms with Crippen LogP contribution in [0.4, 0.5) is 0 Å². The van der Waals surface area contributed by atoms with Gasteiger partial charge in [-0.2, -0.15) is 0 Å². The van der Waals surface area contributed by atoms with Gasteiger partial charge in [-0.25, -0.2) is 0 Å². The third-order valence-electron chi connectivity index (χ3n) is 1.34. The Kier molecular flexibility index (Phi) is 3.84. The van der Waals surface area contributed by atoms with Gasteiger partial charge in [0.05, 0.1) is 0 Å². The predicted molar refractivity (Wildman–Crippen MR) is 47.7 cm³/mol. The summed E-state index contributed by atoms with van der Waals surface area (Å²) in [7, 11) is 0. The molecule has 4 heteroatoms. The summed E-state index contributed by atoms with van der Waals surface area (Å²) >= 11 is -2.23. The second-order valence-electron chi connectivity index (χ2n) is 3.97. The van der Waals surface area contributed by atoms with Crippen molar-refractivity contribution < 1.29 is 9.05 Å². The number of rotatable bonds is 1. The monoisotopic (exact) mass is 282 g/mol. The van der Waals surface area contributed by atoms with Crippen LogP contribution in [0.25, 0.3) is 0 Å². The Labute approximate surface area is 83.0 Å². The quantitative estimate of drug-likeness (QED) is 0.684. The minimum absolute atomic E-state index is 0.125. The maximum absolute atomic E-state index is 5.69. The first-order chi connectivity index (χ1) is 5.47. The maximum atomic E-state index is 5.69. The minimum atomic E-state index is -2.23. The van der Waals surface area contributed by atoms with Crippen LogP contribution in [0.15, 0.2) is 0 Å². The molecule has 1 aliphatic heterocycles. The molecule has 12 heavy (non-hydrogen) atoms. The summed E-state index contributed by atoms with van der Waals surface area (Å²) in [5.41, 5.74) is -0.125. The molecule has 1 fully saturated rings. The van der Waals surface area contributed by atoms with Gasteiger partial charge in [-0.05, 0) is 0 Å². The molecule has 0 saturated carbocycles. The summed E-state index contributed by atoms with van der Waals surface area (Å²) in [4.78, 5) is 0. The van der Waals surface area contributed by atoms with Gasteiger partial charge >= 0.3 is 82.9 Å². The molecule has 0 unspecified atom stereocenters. The normalized spacial score (nSPS) is 27.5. The average Bonchev–Trinajstić information content (AvgIpc) is 1.82. The Morgan fingerprint density at radius 3 is 2.58 bits per heavy atom. The zero-order valence-electron chi connectivity index (χ0n) is 8.16. The van der Waals surface area contributed by atoms with Gasteiger partial charge in [0.1, 0.15) is 0 Å². The topological polar surface area (TPSA) is 27.7 Å². The van der Waals surface area contributed by atoms with Crippen molar-refractivity contribution in [3.05, 3.63) is 0 Å². The second kappa shape index (κ2) is 4.27. The van der Waals surface area contributed by atoms with Crippen LogP contribution in [0.3, 0.4) is 0 Å². The van der Waals surface area contributed by atoms with Gasteiger partial charge in [-0.3, -0.25) is 0 Å². The standard InChI is InChI=1S/C4H8O2.C4H9O.Sb/c1-4(6)2-3-5;1-4(2,3)5;/h4H,2-3H2,1H3;1-3H3;/q-2;-1;+3/t4-;;/m1../s1. The van der Waals surface area contributed by atoms with Gasteiger partial charge in [0.15, 0.2) is 0 Å². The van der Waals surface area contributed by atoms with E-state index in [0.717, 1.165) is 13.0 Å². The summed E-state index contributed by atoms with van der Waals surface area (Å²) in [5, 5.41) is 0. The molecule has 0 spiro atoms. The van der Waals surface area contributed by atoms with Gasteiger partial charge < -0.3 is 0 Å². The molecule has 1 atom stereocenters. The first-order valence-corrected chi connectivity index (χ1v) is 7.39. The van der Waals surface area contributed by atoms with Crippen molar-refractivity contribution in [1.82, 2.24) is 0 Å². The Morgan fingerprint density at radius 2 is 2.08 bits per heavy atom. The molecule has 1 saturated heterocycles. The molecule has 0 bridgehead atoms. The van der Waals surface area contributed by atoms with Crippen LogP contribution in [0.2, 0.25) is 0 Å². The first kappa shape index (κ1) is 10.8. The van der Waals surface area contributed by atoms with E-state index in [4.69, 9.17) is 9.05 Å². The van der Waals surface area contributed by atoms with E-state index in [1.54, 1.807) is 0 Å². The molecule has 0 aromatic carbocycles. The Hall–Kier alpha value is 0.698. The summed E-state index contributed by atoms with van der Waals surface area (Å²) in [6.45, 7) is 8.97. The fourth-order valence-electron chi connectivity index (χ4n) is 0.795. The van der Waals surface area contributed by atoms with E-state index in [9.17, 15) is 0 Å². The van der Waals surface area contributed by atoms with Crippen molar-refractivity contribution in [2.24, 2.45) is 0 Å². The molecule has 0 aliphatic carbocycles. The summed E-state index contributed by atoms with van der Waals surface area (Å²) in [5.74, 6) is 0. The Balaban J connectivity index is 2.32. The van der Waals surface area contributed by atoms with Crippen molar-refractivity contribution >= 4 is 21.5 Å². The molecule has 1 aliphatic rings. The van der Waals surface area contributed by atoms with Crippen LogP contribution < -0.4 is 0 Å². The SMILES string of the molecule is C[C@@H]1CC[O][Sb]([O]C(C)(C)C)[O]1. The molecule has 0 aromatic heterocycles. The van der Waals surface area contributed by atoms with E-state index in [1.165, 1.54) is 0 Å². The first-order valence-electron chi connectivity index (χ1n) is 4.26. The van der Waals surface area contributed by atoms with Crippen molar-refractivity contribution in [1.29, 1.82) is 0 Å². The van der Waals surface area contributed by atoms with E-state index < -0.39 is 21.5 Å². The summed E-state index contributed by atoms with van der Waals surface area (Å²) in [6, 6.07) is 0. The number of hydrogen-bond donors (Lipinski definition) is 0. The van der Waals surface area contributed by atoms with E-state index in [-0.39, 0.29) is 5.60 Å². The van der Waals surface area contributed by atoms with Crippen LogP contribution in [-0.4, -0.2) is 39.8 Å². The van der Waals surface area contributed by atoms with Crippen LogP contribution in [0, 0.1) is 0 Å². The third-order valence-corrected chi connectivity index (χ3v) is 5.97. The van der Waals surface area contributed by atoms with E-state index >= 15 is 0 Å². The van der Waals surface area contributed by atoms with Gasteiger partial charge in [0.2, 0.25) is 0 Å². The zero-order chi connectivity index (χ0) is 9.19. The van der Waals surface area contributed by atoms with Gasteiger partial charge in [-0.1, -0.05) is 0 Å².